The molecule has 0 aliphatic carbocycles. The monoisotopic (exact) mass is 486 g/mol. The van der Waals surface area contributed by atoms with Gasteiger partial charge in [0, 0.05) is 21.5 Å². The van der Waals surface area contributed by atoms with Gasteiger partial charge < -0.3 is 4.74 Å². The summed E-state index contributed by atoms with van der Waals surface area (Å²) in [5.74, 6) is 0.693. The van der Waals surface area contributed by atoms with Gasteiger partial charge in [0.1, 0.15) is 5.75 Å². The van der Waals surface area contributed by atoms with Gasteiger partial charge in [0.2, 0.25) is 4.96 Å². The quantitative estimate of drug-likeness (QED) is 0.226. The van der Waals surface area contributed by atoms with E-state index in [1.54, 1.807) is 11.6 Å². The van der Waals surface area contributed by atoms with E-state index in [1.165, 1.54) is 11.3 Å². The summed E-state index contributed by atoms with van der Waals surface area (Å²) in [6.07, 6.45) is 1.83. The van der Waals surface area contributed by atoms with Gasteiger partial charge in [-0.15, -0.1) is 16.4 Å². The molecular formula is C26H19ClN4O2S. The van der Waals surface area contributed by atoms with Crippen molar-refractivity contribution in [1.29, 1.82) is 0 Å². The van der Waals surface area contributed by atoms with E-state index in [1.807, 2.05) is 90.3 Å². The highest BCUT2D eigenvalue weighted by molar-refractivity contribution is 7.15. The average Bonchev–Trinajstić information content (AvgIpc) is 3.44. The number of carbonyl (C=O) groups is 1. The van der Waals surface area contributed by atoms with Crippen molar-refractivity contribution in [3.63, 3.8) is 0 Å². The third-order valence-electron chi connectivity index (χ3n) is 5.20. The Morgan fingerprint density at radius 2 is 1.76 bits per heavy atom. The number of benzene rings is 3. The summed E-state index contributed by atoms with van der Waals surface area (Å²) in [6, 6.07) is 24.5. The largest absolute Gasteiger partial charge is 0.497 e. The van der Waals surface area contributed by atoms with Crippen LogP contribution >= 0.6 is 22.9 Å². The molecule has 0 radical (unpaired) electrons. The summed E-state index contributed by atoms with van der Waals surface area (Å²) < 4.78 is 6.95. The molecule has 0 spiro atoms. The SMILES string of the molecule is COc1ccc(/C=C(/C(=O)Nc2nc3scc(-c4ccc(Cl)cc4)n3n2)c2ccccc2)cc1. The van der Waals surface area contributed by atoms with E-state index in [2.05, 4.69) is 15.4 Å². The van der Waals surface area contributed by atoms with Crippen LogP contribution in [0.3, 0.4) is 0 Å². The van der Waals surface area contributed by atoms with E-state index in [-0.39, 0.29) is 11.9 Å². The maximum Gasteiger partial charge on any atom is 0.258 e. The van der Waals surface area contributed by atoms with Gasteiger partial charge >= 0.3 is 0 Å². The first kappa shape index (κ1) is 21.9. The van der Waals surface area contributed by atoms with Gasteiger partial charge in [-0.1, -0.05) is 66.2 Å². The number of carbonyl (C=O) groups excluding carboxylic acids is 1. The minimum atomic E-state index is -0.298. The first-order valence-electron chi connectivity index (χ1n) is 10.4. The van der Waals surface area contributed by atoms with Gasteiger partial charge in [-0.25, -0.2) is 4.52 Å². The van der Waals surface area contributed by atoms with Crippen molar-refractivity contribution in [3.05, 3.63) is 100 Å². The second kappa shape index (κ2) is 9.51. The molecule has 1 amide bonds. The molecule has 0 aliphatic rings. The number of anilines is 1. The summed E-state index contributed by atoms with van der Waals surface area (Å²) in [5.41, 5.74) is 4.00. The molecule has 3 aromatic carbocycles. The molecule has 0 aliphatic heterocycles. The standard InChI is InChI=1S/C26H19ClN4O2S/c1-33-21-13-7-17(8-14-21)15-22(18-5-3-2-4-6-18)24(32)28-25-29-26-31(30-25)23(16-34-26)19-9-11-20(27)12-10-19/h2-16H,1H3,(H,28,30,32)/b22-15+. The van der Waals surface area contributed by atoms with E-state index in [4.69, 9.17) is 16.3 Å². The van der Waals surface area contributed by atoms with E-state index in [0.717, 1.165) is 28.1 Å². The van der Waals surface area contributed by atoms with Crippen molar-refractivity contribution < 1.29 is 9.53 Å². The molecule has 34 heavy (non-hydrogen) atoms. The van der Waals surface area contributed by atoms with Gasteiger partial charge in [-0.2, -0.15) is 4.98 Å². The zero-order chi connectivity index (χ0) is 23.5. The number of fused-ring (bicyclic) bond motifs is 1. The van der Waals surface area contributed by atoms with Crippen molar-refractivity contribution >= 4 is 51.4 Å². The highest BCUT2D eigenvalue weighted by Crippen LogP contribution is 2.27. The zero-order valence-corrected chi connectivity index (χ0v) is 19.7. The molecule has 2 aromatic heterocycles. The van der Waals surface area contributed by atoms with Crippen molar-refractivity contribution in [2.75, 3.05) is 12.4 Å². The molecule has 5 aromatic rings. The van der Waals surface area contributed by atoms with E-state index < -0.39 is 0 Å². The third-order valence-corrected chi connectivity index (χ3v) is 6.27. The van der Waals surface area contributed by atoms with Crippen LogP contribution in [0.25, 0.3) is 27.9 Å². The smallest absolute Gasteiger partial charge is 0.258 e. The van der Waals surface area contributed by atoms with Crippen LogP contribution in [0, 0.1) is 0 Å². The number of rotatable bonds is 6. The van der Waals surface area contributed by atoms with Crippen LogP contribution in [0.2, 0.25) is 5.02 Å². The van der Waals surface area contributed by atoms with Crippen LogP contribution in [-0.2, 0) is 4.79 Å². The Labute approximate surface area is 205 Å². The second-order valence-corrected chi connectivity index (χ2v) is 8.68. The second-order valence-electron chi connectivity index (χ2n) is 7.41. The Hall–Kier alpha value is -3.94. The van der Waals surface area contributed by atoms with Crippen molar-refractivity contribution in [2.45, 2.75) is 0 Å². The zero-order valence-electron chi connectivity index (χ0n) is 18.1. The molecule has 0 atom stereocenters. The van der Waals surface area contributed by atoms with E-state index in [9.17, 15) is 4.79 Å². The highest BCUT2D eigenvalue weighted by atomic mass is 35.5. The van der Waals surface area contributed by atoms with Crippen LogP contribution in [0.4, 0.5) is 5.95 Å². The van der Waals surface area contributed by atoms with Crippen LogP contribution in [0.15, 0.2) is 84.2 Å². The number of ether oxygens (including phenoxy) is 1. The summed E-state index contributed by atoms with van der Waals surface area (Å²) in [7, 11) is 1.62. The maximum absolute atomic E-state index is 13.3. The van der Waals surface area contributed by atoms with Crippen LogP contribution in [0.5, 0.6) is 5.75 Å². The van der Waals surface area contributed by atoms with Gasteiger partial charge in [0.05, 0.1) is 12.8 Å². The van der Waals surface area contributed by atoms with E-state index in [0.29, 0.717) is 15.6 Å². The van der Waals surface area contributed by atoms with Crippen molar-refractivity contribution in [3.8, 4) is 17.0 Å². The molecule has 0 saturated carbocycles. The van der Waals surface area contributed by atoms with Crippen LogP contribution < -0.4 is 10.1 Å². The summed E-state index contributed by atoms with van der Waals surface area (Å²) in [5, 5.41) is 10.0. The van der Waals surface area contributed by atoms with Crippen molar-refractivity contribution in [1.82, 2.24) is 14.6 Å². The Morgan fingerprint density at radius 1 is 1.03 bits per heavy atom. The molecule has 0 fully saturated rings. The minimum Gasteiger partial charge on any atom is -0.497 e. The lowest BCUT2D eigenvalue weighted by molar-refractivity contribution is -0.111. The number of amides is 1. The first-order chi connectivity index (χ1) is 16.6. The molecule has 0 unspecified atom stereocenters. The normalized spacial score (nSPS) is 11.5. The van der Waals surface area contributed by atoms with Gasteiger partial charge in [-0.3, -0.25) is 10.1 Å². The number of aromatic nitrogens is 3. The Balaban J connectivity index is 1.46. The topological polar surface area (TPSA) is 68.5 Å². The van der Waals surface area contributed by atoms with E-state index >= 15 is 0 Å². The number of thiazole rings is 1. The minimum absolute atomic E-state index is 0.239. The van der Waals surface area contributed by atoms with Crippen molar-refractivity contribution in [2.24, 2.45) is 0 Å². The van der Waals surface area contributed by atoms with Crippen LogP contribution in [-0.4, -0.2) is 27.6 Å². The summed E-state index contributed by atoms with van der Waals surface area (Å²) >= 11 is 7.47. The Morgan fingerprint density at radius 3 is 2.47 bits per heavy atom. The number of hydrogen-bond acceptors (Lipinski definition) is 5. The highest BCUT2D eigenvalue weighted by Gasteiger charge is 2.17. The fourth-order valence-corrected chi connectivity index (χ4v) is 4.44. The third kappa shape index (κ3) is 4.57. The molecular weight excluding hydrogens is 468 g/mol. The fraction of sp³-hybridized carbons (Fsp3) is 0.0385. The predicted molar refractivity (Wildman–Crippen MR) is 137 cm³/mol. The molecule has 2 heterocycles. The number of methoxy groups -OCH3 is 1. The van der Waals surface area contributed by atoms with Gasteiger partial charge in [0.25, 0.3) is 11.9 Å². The number of nitrogens with zero attached hydrogens (tertiary/aromatic N) is 3. The molecule has 0 bridgehead atoms. The Bertz CT molecular complexity index is 1470. The molecule has 1 N–H and O–H groups in total. The maximum atomic E-state index is 13.3. The number of hydrogen-bond donors (Lipinski definition) is 1. The molecule has 0 saturated heterocycles. The van der Waals surface area contributed by atoms with Gasteiger partial charge in [-0.05, 0) is 41.5 Å². The lowest BCUT2D eigenvalue weighted by atomic mass is 10.0. The predicted octanol–water partition coefficient (Wildman–Crippen LogP) is 6.30. The molecule has 6 nitrogen and oxygen atoms in total. The molecule has 5 rings (SSSR count). The summed E-state index contributed by atoms with van der Waals surface area (Å²) in [6.45, 7) is 0. The lowest BCUT2D eigenvalue weighted by Crippen LogP contribution is -2.15. The molecule has 168 valence electrons. The summed E-state index contributed by atoms with van der Waals surface area (Å²) in [4.78, 5) is 18.5. The number of halogens is 1. The average molecular weight is 487 g/mol. The van der Waals surface area contributed by atoms with Gasteiger partial charge in [0.15, 0.2) is 0 Å². The van der Waals surface area contributed by atoms with Crippen LogP contribution in [0.1, 0.15) is 11.1 Å². The fourth-order valence-electron chi connectivity index (χ4n) is 3.49. The lowest BCUT2D eigenvalue weighted by Gasteiger charge is -2.08. The number of nitrogens with one attached hydrogen (secondary N) is 1. The molecule has 8 heteroatoms. The Kier molecular flexibility index (Phi) is 6.12. The first-order valence-corrected chi connectivity index (χ1v) is 11.7.